The molecule has 5 nitrogen and oxygen atoms in total. The first-order valence-corrected chi connectivity index (χ1v) is 3.79. The van der Waals surface area contributed by atoms with E-state index < -0.39 is 11.4 Å². The van der Waals surface area contributed by atoms with Crippen LogP contribution in [0, 0.1) is 0 Å². The lowest BCUT2D eigenvalue weighted by Crippen LogP contribution is -2.22. The number of aromatic nitrogens is 1. The largest absolute Gasteiger partial charge is 0.475 e. The van der Waals surface area contributed by atoms with Crippen LogP contribution in [0.4, 0.5) is 0 Å². The molecule has 0 radical (unpaired) electrons. The van der Waals surface area contributed by atoms with Crippen LogP contribution >= 0.6 is 0 Å². The number of carboxylic acid groups (broad SMARTS) is 1. The summed E-state index contributed by atoms with van der Waals surface area (Å²) in [7, 11) is 0. The summed E-state index contributed by atoms with van der Waals surface area (Å²) >= 11 is 0. The van der Waals surface area contributed by atoms with E-state index in [-0.39, 0.29) is 12.4 Å². The highest BCUT2D eigenvalue weighted by atomic mass is 16.5. The van der Waals surface area contributed by atoms with Crippen molar-refractivity contribution in [1.29, 1.82) is 0 Å². The molecule has 1 aromatic heterocycles. The lowest BCUT2D eigenvalue weighted by Gasteiger charge is -2.16. The van der Waals surface area contributed by atoms with Crippen LogP contribution < -0.4 is 0 Å². The number of carboxylic acids is 1. The quantitative estimate of drug-likeness (QED) is 0.722. The summed E-state index contributed by atoms with van der Waals surface area (Å²) in [5.74, 6) is -1.37. The maximum absolute atomic E-state index is 10.4. The second-order valence-electron chi connectivity index (χ2n) is 3.42. The molecule has 2 N–H and O–H groups in total. The maximum Gasteiger partial charge on any atom is 0.374 e. The smallest absolute Gasteiger partial charge is 0.374 e. The summed E-state index contributed by atoms with van der Waals surface area (Å²) in [6.07, 6.45) is 0. The first kappa shape index (κ1) is 9.73. The van der Waals surface area contributed by atoms with E-state index in [0.29, 0.717) is 5.69 Å². The summed E-state index contributed by atoms with van der Waals surface area (Å²) in [6.45, 7) is 3.38. The topological polar surface area (TPSA) is 83.6 Å². The highest BCUT2D eigenvalue weighted by Gasteiger charge is 2.25. The van der Waals surface area contributed by atoms with E-state index in [1.54, 1.807) is 13.8 Å². The van der Waals surface area contributed by atoms with Crippen LogP contribution in [0.5, 0.6) is 0 Å². The minimum atomic E-state index is -1.16. The van der Waals surface area contributed by atoms with Gasteiger partial charge in [0.2, 0.25) is 5.76 Å². The van der Waals surface area contributed by atoms with Crippen LogP contribution in [-0.4, -0.2) is 27.9 Å². The number of aromatic carboxylic acids is 1. The number of hydrogen-bond acceptors (Lipinski definition) is 4. The molecule has 0 aliphatic rings. The lowest BCUT2D eigenvalue weighted by molar-refractivity contribution is 0.0651. The molecule has 0 aromatic carbocycles. The second-order valence-corrected chi connectivity index (χ2v) is 3.42. The van der Waals surface area contributed by atoms with Gasteiger partial charge in [0.05, 0.1) is 12.3 Å². The Morgan fingerprint density at radius 1 is 1.69 bits per heavy atom. The Kier molecular flexibility index (Phi) is 2.38. The Labute approximate surface area is 75.0 Å². The molecule has 0 unspecified atom stereocenters. The van der Waals surface area contributed by atoms with E-state index in [1.807, 2.05) is 0 Å². The minimum absolute atomic E-state index is 0.113. The van der Waals surface area contributed by atoms with Crippen molar-refractivity contribution in [2.75, 3.05) is 6.61 Å². The van der Waals surface area contributed by atoms with Gasteiger partial charge in [0.25, 0.3) is 0 Å². The average molecular weight is 185 g/mol. The van der Waals surface area contributed by atoms with Crippen molar-refractivity contribution >= 4 is 5.97 Å². The van der Waals surface area contributed by atoms with Crippen LogP contribution in [-0.2, 0) is 5.41 Å². The number of hydrogen-bond donors (Lipinski definition) is 2. The fourth-order valence-corrected chi connectivity index (χ4v) is 0.776. The number of nitrogens with zero attached hydrogens (tertiary/aromatic N) is 1. The molecule has 0 bridgehead atoms. The van der Waals surface area contributed by atoms with Gasteiger partial charge in [-0.05, 0) is 0 Å². The summed E-state index contributed by atoms with van der Waals surface area (Å²) < 4.78 is 4.55. The lowest BCUT2D eigenvalue weighted by atomic mass is 9.90. The molecule has 72 valence electrons. The molecule has 0 aliphatic carbocycles. The summed E-state index contributed by atoms with van der Waals surface area (Å²) in [5, 5.41) is 21.1. The molecule has 1 heterocycles. The van der Waals surface area contributed by atoms with Crippen molar-refractivity contribution in [2.45, 2.75) is 19.3 Å². The van der Waals surface area contributed by atoms with Gasteiger partial charge in [0, 0.05) is 11.5 Å². The van der Waals surface area contributed by atoms with Gasteiger partial charge in [-0.1, -0.05) is 19.0 Å². The zero-order valence-electron chi connectivity index (χ0n) is 7.44. The predicted molar refractivity (Wildman–Crippen MR) is 43.6 cm³/mol. The van der Waals surface area contributed by atoms with E-state index in [1.165, 1.54) is 6.07 Å². The molecule has 0 saturated heterocycles. The minimum Gasteiger partial charge on any atom is -0.475 e. The van der Waals surface area contributed by atoms with Gasteiger partial charge in [-0.15, -0.1) is 0 Å². The molecule has 0 atom stereocenters. The summed E-state index contributed by atoms with van der Waals surface area (Å²) in [4.78, 5) is 10.4. The normalized spacial score (nSPS) is 11.6. The highest BCUT2D eigenvalue weighted by molar-refractivity contribution is 5.84. The standard InChI is InChI=1S/C8H11NO4/c1-8(2,4-10)6-3-5(7(11)12)13-9-6/h3,10H,4H2,1-2H3,(H,11,12). The predicted octanol–water partition coefficient (Wildman–Crippen LogP) is 0.643. The molecule has 5 heteroatoms. The molecule has 13 heavy (non-hydrogen) atoms. The monoisotopic (exact) mass is 185 g/mol. The maximum atomic E-state index is 10.4. The van der Waals surface area contributed by atoms with Crippen LogP contribution in [0.15, 0.2) is 10.6 Å². The van der Waals surface area contributed by atoms with Crippen LogP contribution in [0.25, 0.3) is 0 Å². The van der Waals surface area contributed by atoms with Crippen molar-refractivity contribution < 1.29 is 19.5 Å². The fourth-order valence-electron chi connectivity index (χ4n) is 0.776. The van der Waals surface area contributed by atoms with E-state index >= 15 is 0 Å². The van der Waals surface area contributed by atoms with Gasteiger partial charge in [-0.3, -0.25) is 0 Å². The number of rotatable bonds is 3. The third kappa shape index (κ3) is 1.86. The first-order chi connectivity index (χ1) is 5.97. The van der Waals surface area contributed by atoms with Gasteiger partial charge in [0.15, 0.2) is 0 Å². The first-order valence-electron chi connectivity index (χ1n) is 3.79. The van der Waals surface area contributed by atoms with Gasteiger partial charge in [-0.2, -0.15) is 0 Å². The molecule has 0 saturated carbocycles. The number of carbonyl (C=O) groups is 1. The third-order valence-electron chi connectivity index (χ3n) is 1.81. The van der Waals surface area contributed by atoms with Crippen LogP contribution in [0.2, 0.25) is 0 Å². The van der Waals surface area contributed by atoms with Gasteiger partial charge >= 0.3 is 5.97 Å². The van der Waals surface area contributed by atoms with Crippen molar-refractivity contribution in [2.24, 2.45) is 0 Å². The number of aliphatic hydroxyl groups excluding tert-OH is 1. The molecule has 0 aliphatic heterocycles. The van der Waals surface area contributed by atoms with E-state index in [0.717, 1.165) is 0 Å². The van der Waals surface area contributed by atoms with Crippen molar-refractivity contribution in [3.8, 4) is 0 Å². The fraction of sp³-hybridized carbons (Fsp3) is 0.500. The van der Waals surface area contributed by atoms with E-state index in [4.69, 9.17) is 10.2 Å². The molecule has 1 rings (SSSR count). The Morgan fingerprint density at radius 3 is 2.69 bits per heavy atom. The van der Waals surface area contributed by atoms with Gasteiger partial charge in [-0.25, -0.2) is 4.79 Å². The average Bonchev–Trinajstić information content (AvgIpc) is 2.52. The van der Waals surface area contributed by atoms with E-state index in [9.17, 15) is 4.79 Å². The van der Waals surface area contributed by atoms with Gasteiger partial charge < -0.3 is 14.7 Å². The molecular weight excluding hydrogens is 174 g/mol. The molecule has 0 fully saturated rings. The summed E-state index contributed by atoms with van der Waals surface area (Å²) in [5.41, 5.74) is -0.135. The Bertz CT molecular complexity index is 316. The highest BCUT2D eigenvalue weighted by Crippen LogP contribution is 2.21. The third-order valence-corrected chi connectivity index (χ3v) is 1.81. The van der Waals surface area contributed by atoms with Crippen LogP contribution in [0.1, 0.15) is 30.1 Å². The van der Waals surface area contributed by atoms with Gasteiger partial charge in [0.1, 0.15) is 0 Å². The molecule has 1 aromatic rings. The van der Waals surface area contributed by atoms with E-state index in [2.05, 4.69) is 9.68 Å². The SMILES string of the molecule is CC(C)(CO)c1cc(C(=O)O)on1. The molecular formula is C8H11NO4. The summed E-state index contributed by atoms with van der Waals surface area (Å²) in [6, 6.07) is 1.32. The number of aliphatic hydroxyl groups is 1. The molecule has 0 amide bonds. The zero-order chi connectivity index (χ0) is 10.1. The Morgan fingerprint density at radius 2 is 2.31 bits per heavy atom. The van der Waals surface area contributed by atoms with Crippen LogP contribution in [0.3, 0.4) is 0 Å². The van der Waals surface area contributed by atoms with Crippen molar-refractivity contribution in [3.05, 3.63) is 17.5 Å². The molecule has 0 spiro atoms. The van der Waals surface area contributed by atoms with Crippen molar-refractivity contribution in [1.82, 2.24) is 5.16 Å². The van der Waals surface area contributed by atoms with Crippen molar-refractivity contribution in [3.63, 3.8) is 0 Å². The Balaban J connectivity index is 2.98. The zero-order valence-corrected chi connectivity index (χ0v) is 7.44. The Hall–Kier alpha value is -1.36. The second kappa shape index (κ2) is 3.18.